The van der Waals surface area contributed by atoms with E-state index in [1.165, 1.54) is 6.07 Å². The van der Waals surface area contributed by atoms with Crippen molar-refractivity contribution in [2.45, 2.75) is 25.8 Å². The summed E-state index contributed by atoms with van der Waals surface area (Å²) in [7, 11) is 0. The molecule has 1 saturated carbocycles. The number of nitrogens with zero attached hydrogens (tertiary/aromatic N) is 2. The Kier molecular flexibility index (Phi) is 2.74. The molecule has 0 bridgehead atoms. The molecule has 1 aromatic carbocycles. The maximum Gasteiger partial charge on any atom is 0.208 e. The zero-order chi connectivity index (χ0) is 12.7. The lowest BCUT2D eigenvalue weighted by molar-refractivity contribution is 0.618. The molecule has 18 heavy (non-hydrogen) atoms. The molecule has 3 rings (SSSR count). The van der Waals surface area contributed by atoms with Crippen LogP contribution in [-0.4, -0.2) is 15.6 Å². The van der Waals surface area contributed by atoms with Gasteiger partial charge in [-0.1, -0.05) is 11.6 Å². The second-order valence-corrected chi connectivity index (χ2v) is 5.03. The summed E-state index contributed by atoms with van der Waals surface area (Å²) in [5.41, 5.74) is 1.32. The molecule has 0 saturated heterocycles. The Hall–Kier alpha value is -1.55. The number of imidazole rings is 1. The molecule has 1 heterocycles. The van der Waals surface area contributed by atoms with Gasteiger partial charge in [-0.3, -0.25) is 4.57 Å². The first-order valence-electron chi connectivity index (χ1n) is 5.91. The summed E-state index contributed by atoms with van der Waals surface area (Å²) in [4.78, 5) is 4.38. The number of hydrogen-bond donors (Lipinski definition) is 1. The average molecular weight is 266 g/mol. The van der Waals surface area contributed by atoms with E-state index in [9.17, 15) is 4.39 Å². The summed E-state index contributed by atoms with van der Waals surface area (Å²) in [6.45, 7) is 1.89. The fraction of sp³-hybridized carbons (Fsp3) is 0.308. The fourth-order valence-electron chi connectivity index (χ4n) is 1.87. The molecule has 0 spiro atoms. The Morgan fingerprint density at radius 2 is 2.22 bits per heavy atom. The smallest absolute Gasteiger partial charge is 0.208 e. The number of aryl methyl sites for hydroxylation is 1. The maximum atomic E-state index is 13.9. The van der Waals surface area contributed by atoms with Gasteiger partial charge in [0.1, 0.15) is 5.82 Å². The van der Waals surface area contributed by atoms with Crippen molar-refractivity contribution in [1.82, 2.24) is 9.55 Å². The summed E-state index contributed by atoms with van der Waals surface area (Å²) >= 11 is 5.76. The molecule has 1 aliphatic carbocycles. The van der Waals surface area contributed by atoms with Gasteiger partial charge in [0, 0.05) is 17.3 Å². The van der Waals surface area contributed by atoms with E-state index < -0.39 is 0 Å². The van der Waals surface area contributed by atoms with Crippen molar-refractivity contribution in [3.8, 4) is 5.69 Å². The number of anilines is 1. The third-order valence-corrected chi connectivity index (χ3v) is 3.14. The van der Waals surface area contributed by atoms with Crippen molar-refractivity contribution in [3.63, 3.8) is 0 Å². The molecule has 1 aromatic heterocycles. The molecule has 0 aliphatic heterocycles. The zero-order valence-corrected chi connectivity index (χ0v) is 10.7. The topological polar surface area (TPSA) is 29.9 Å². The summed E-state index contributed by atoms with van der Waals surface area (Å²) in [5.74, 6) is 0.343. The number of rotatable bonds is 3. The number of halogens is 2. The molecule has 94 valence electrons. The third-order valence-electron chi connectivity index (χ3n) is 2.91. The van der Waals surface area contributed by atoms with Gasteiger partial charge in [-0.05, 0) is 38.0 Å². The van der Waals surface area contributed by atoms with Gasteiger partial charge >= 0.3 is 0 Å². The first-order chi connectivity index (χ1) is 8.63. The molecular weight excluding hydrogens is 253 g/mol. The van der Waals surface area contributed by atoms with Gasteiger partial charge < -0.3 is 5.32 Å². The van der Waals surface area contributed by atoms with Crippen molar-refractivity contribution < 1.29 is 4.39 Å². The Morgan fingerprint density at radius 3 is 2.89 bits per heavy atom. The number of hydrogen-bond acceptors (Lipinski definition) is 2. The van der Waals surface area contributed by atoms with Gasteiger partial charge in [0.05, 0.1) is 11.4 Å². The van der Waals surface area contributed by atoms with Crippen LogP contribution in [0.25, 0.3) is 5.69 Å². The van der Waals surface area contributed by atoms with E-state index in [4.69, 9.17) is 11.6 Å². The minimum atomic E-state index is -0.348. The van der Waals surface area contributed by atoms with Crippen LogP contribution in [0.4, 0.5) is 10.3 Å². The summed E-state index contributed by atoms with van der Waals surface area (Å²) in [6.07, 6.45) is 4.11. The minimum absolute atomic E-state index is 0.348. The fourth-order valence-corrected chi connectivity index (χ4v) is 2.03. The number of benzene rings is 1. The van der Waals surface area contributed by atoms with Crippen LogP contribution in [0.3, 0.4) is 0 Å². The lowest BCUT2D eigenvalue weighted by Crippen LogP contribution is -2.08. The summed E-state index contributed by atoms with van der Waals surface area (Å²) in [5, 5.41) is 3.69. The first kappa shape index (κ1) is 11.5. The molecule has 1 N–H and O–H groups in total. The number of nitrogens with one attached hydrogen (secondary N) is 1. The Bertz CT molecular complexity index is 590. The van der Waals surface area contributed by atoms with Gasteiger partial charge in [-0.2, -0.15) is 0 Å². The molecule has 0 amide bonds. The molecule has 1 fully saturated rings. The van der Waals surface area contributed by atoms with Crippen LogP contribution in [-0.2, 0) is 0 Å². The van der Waals surface area contributed by atoms with Crippen molar-refractivity contribution in [1.29, 1.82) is 0 Å². The molecule has 1 aliphatic rings. The Balaban J connectivity index is 2.03. The maximum absolute atomic E-state index is 13.9. The average Bonchev–Trinajstić information content (AvgIpc) is 3.03. The van der Waals surface area contributed by atoms with Crippen LogP contribution in [0.1, 0.15) is 18.5 Å². The molecule has 0 atom stereocenters. The molecular formula is C13H13ClFN3. The highest BCUT2D eigenvalue weighted by molar-refractivity contribution is 6.30. The lowest BCUT2D eigenvalue weighted by Gasteiger charge is -2.10. The monoisotopic (exact) mass is 265 g/mol. The van der Waals surface area contributed by atoms with E-state index in [1.807, 2.05) is 13.1 Å². The second kappa shape index (κ2) is 4.28. The zero-order valence-electron chi connectivity index (χ0n) is 9.95. The Morgan fingerprint density at radius 1 is 1.44 bits per heavy atom. The van der Waals surface area contributed by atoms with Crippen molar-refractivity contribution in [3.05, 3.63) is 40.9 Å². The summed E-state index contributed by atoms with van der Waals surface area (Å²) < 4.78 is 15.7. The minimum Gasteiger partial charge on any atom is -0.353 e. The van der Waals surface area contributed by atoms with Crippen LogP contribution < -0.4 is 5.32 Å². The second-order valence-electron chi connectivity index (χ2n) is 4.59. The number of aromatic nitrogens is 2. The molecule has 3 nitrogen and oxygen atoms in total. The van der Waals surface area contributed by atoms with Crippen molar-refractivity contribution in [2.75, 3.05) is 5.32 Å². The highest BCUT2D eigenvalue weighted by Crippen LogP contribution is 2.27. The predicted octanol–water partition coefficient (Wildman–Crippen LogP) is 3.55. The van der Waals surface area contributed by atoms with Crippen LogP contribution in [0, 0.1) is 12.7 Å². The van der Waals surface area contributed by atoms with Gasteiger partial charge in [0.25, 0.3) is 0 Å². The molecule has 0 radical (unpaired) electrons. The third kappa shape index (κ3) is 2.20. The van der Waals surface area contributed by atoms with E-state index in [2.05, 4.69) is 10.3 Å². The van der Waals surface area contributed by atoms with E-state index in [1.54, 1.807) is 16.7 Å². The van der Waals surface area contributed by atoms with Crippen LogP contribution in [0.2, 0.25) is 5.02 Å². The van der Waals surface area contributed by atoms with Gasteiger partial charge in [0.15, 0.2) is 0 Å². The van der Waals surface area contributed by atoms with Crippen molar-refractivity contribution >= 4 is 17.5 Å². The molecule has 5 heteroatoms. The van der Waals surface area contributed by atoms with Gasteiger partial charge in [-0.25, -0.2) is 9.37 Å². The van der Waals surface area contributed by atoms with Crippen LogP contribution in [0.5, 0.6) is 0 Å². The predicted molar refractivity (Wildman–Crippen MR) is 69.9 cm³/mol. The Labute approximate surface area is 110 Å². The normalized spacial score (nSPS) is 14.8. The van der Waals surface area contributed by atoms with E-state index >= 15 is 0 Å². The van der Waals surface area contributed by atoms with E-state index in [-0.39, 0.29) is 5.82 Å². The van der Waals surface area contributed by atoms with Gasteiger partial charge in [-0.15, -0.1) is 0 Å². The van der Waals surface area contributed by atoms with E-state index in [0.717, 1.165) is 18.5 Å². The SMILES string of the molecule is Cc1cn(-c2ccc(Cl)cc2F)c(NC2CC2)n1. The van der Waals surface area contributed by atoms with Crippen molar-refractivity contribution in [2.24, 2.45) is 0 Å². The standard InChI is InChI=1S/C13H13ClFN3/c1-8-7-18(13(16-8)17-10-3-4-10)12-5-2-9(14)6-11(12)15/h2,5-7,10H,3-4H2,1H3,(H,16,17). The van der Waals surface area contributed by atoms with Crippen LogP contribution >= 0.6 is 11.6 Å². The summed E-state index contributed by atoms with van der Waals surface area (Å²) in [6, 6.07) is 5.13. The van der Waals surface area contributed by atoms with Gasteiger partial charge in [0.2, 0.25) is 5.95 Å². The highest BCUT2D eigenvalue weighted by atomic mass is 35.5. The largest absolute Gasteiger partial charge is 0.353 e. The van der Waals surface area contributed by atoms with Crippen LogP contribution in [0.15, 0.2) is 24.4 Å². The first-order valence-corrected chi connectivity index (χ1v) is 6.29. The highest BCUT2D eigenvalue weighted by Gasteiger charge is 2.23. The quantitative estimate of drug-likeness (QED) is 0.920. The molecule has 0 unspecified atom stereocenters. The molecule has 2 aromatic rings. The van der Waals surface area contributed by atoms with E-state index in [0.29, 0.717) is 22.7 Å². The lowest BCUT2D eigenvalue weighted by atomic mass is 10.3.